The highest BCUT2D eigenvalue weighted by Gasteiger charge is 2.00. The summed E-state index contributed by atoms with van der Waals surface area (Å²) in [5, 5.41) is 11.6. The fourth-order valence-corrected chi connectivity index (χ4v) is 1.22. The van der Waals surface area contributed by atoms with E-state index in [9.17, 15) is 0 Å². The molecule has 0 atom stereocenters. The number of hydrogen-bond acceptors (Lipinski definition) is 3. The van der Waals surface area contributed by atoms with E-state index in [1.165, 1.54) is 0 Å². The van der Waals surface area contributed by atoms with Crippen molar-refractivity contribution in [3.05, 3.63) is 39.7 Å². The molecule has 2 rings (SSSR count). The lowest BCUT2D eigenvalue weighted by Crippen LogP contribution is -1.99. The van der Waals surface area contributed by atoms with E-state index in [0.29, 0.717) is 12.5 Å². The van der Waals surface area contributed by atoms with Crippen LogP contribution in [0.5, 0.6) is 0 Å². The predicted molar refractivity (Wildman–Crippen MR) is 53.8 cm³/mol. The zero-order valence-electron chi connectivity index (χ0n) is 6.68. The maximum atomic E-state index is 3.90. The van der Waals surface area contributed by atoms with Gasteiger partial charge in [0.15, 0.2) is 5.84 Å². The minimum absolute atomic E-state index is 0.333. The average Bonchev–Trinajstić information content (AvgIpc) is 2.20. The van der Waals surface area contributed by atoms with Crippen LogP contribution in [0.2, 0.25) is 0 Å². The summed E-state index contributed by atoms with van der Waals surface area (Å²) in [6, 6.07) is 7.70. The van der Waals surface area contributed by atoms with Gasteiger partial charge in [-0.05, 0) is 12.1 Å². The van der Waals surface area contributed by atoms with E-state index in [0.717, 1.165) is 10.0 Å². The molecule has 0 N–H and O–H groups in total. The number of hydrogen-bond donors (Lipinski definition) is 0. The van der Waals surface area contributed by atoms with Crippen molar-refractivity contribution >= 4 is 21.8 Å². The molecule has 1 aliphatic rings. The van der Waals surface area contributed by atoms with Gasteiger partial charge in [0.2, 0.25) is 0 Å². The van der Waals surface area contributed by atoms with Crippen LogP contribution in [-0.4, -0.2) is 12.5 Å². The van der Waals surface area contributed by atoms with Crippen molar-refractivity contribution in [2.75, 3.05) is 6.67 Å². The van der Waals surface area contributed by atoms with Crippen LogP contribution in [0.3, 0.4) is 0 Å². The Labute approximate surface area is 83.9 Å². The van der Waals surface area contributed by atoms with E-state index < -0.39 is 0 Å². The Balaban J connectivity index is 2.30. The first-order chi connectivity index (χ1) is 6.36. The first-order valence-electron chi connectivity index (χ1n) is 3.74. The van der Waals surface area contributed by atoms with Crippen LogP contribution < -0.4 is 0 Å². The molecule has 0 bridgehead atoms. The number of benzene rings is 1. The molecule has 0 saturated heterocycles. The molecule has 0 unspecified atom stereocenters. The van der Waals surface area contributed by atoms with Gasteiger partial charge < -0.3 is 10.5 Å². The Kier molecular flexibility index (Phi) is 2.35. The van der Waals surface area contributed by atoms with E-state index in [1.54, 1.807) is 0 Å². The summed E-state index contributed by atoms with van der Waals surface area (Å²) in [6.45, 7) is 0.333. The molecule has 0 radical (unpaired) electrons. The first-order valence-corrected chi connectivity index (χ1v) is 4.53. The molecule has 0 spiro atoms. The molecule has 0 saturated carbocycles. The van der Waals surface area contributed by atoms with Gasteiger partial charge in [0.25, 0.3) is 0 Å². The van der Waals surface area contributed by atoms with E-state index in [1.807, 2.05) is 24.3 Å². The maximum absolute atomic E-state index is 3.90. The van der Waals surface area contributed by atoms with Gasteiger partial charge in [0.05, 0.1) is 0 Å². The lowest BCUT2D eigenvalue weighted by molar-refractivity contribution is 0.986. The minimum Gasteiger partial charge on any atom is -0.581 e. The highest BCUT2D eigenvalue weighted by atomic mass is 79.9. The average molecular weight is 238 g/mol. The van der Waals surface area contributed by atoms with Gasteiger partial charge in [0, 0.05) is 16.7 Å². The quantitative estimate of drug-likeness (QED) is 0.722. The minimum atomic E-state index is 0.333. The van der Waals surface area contributed by atoms with Gasteiger partial charge in [-0.3, -0.25) is 0 Å². The number of azo groups is 1. The Morgan fingerprint density at radius 1 is 1.23 bits per heavy atom. The van der Waals surface area contributed by atoms with Crippen LogP contribution in [0.25, 0.3) is 5.43 Å². The first kappa shape index (κ1) is 8.37. The van der Waals surface area contributed by atoms with Crippen LogP contribution in [0.4, 0.5) is 0 Å². The summed E-state index contributed by atoms with van der Waals surface area (Å²) < 4.78 is 1.03. The van der Waals surface area contributed by atoms with Crippen molar-refractivity contribution in [1.82, 2.24) is 0 Å². The van der Waals surface area contributed by atoms with Gasteiger partial charge in [-0.1, -0.05) is 28.1 Å². The van der Waals surface area contributed by atoms with E-state index in [4.69, 9.17) is 0 Å². The predicted octanol–water partition coefficient (Wildman–Crippen LogP) is 2.91. The topological polar surface area (TPSA) is 51.2 Å². The smallest absolute Gasteiger partial charge is 0.162 e. The molecular weight excluding hydrogens is 232 g/mol. The fraction of sp³-hybridized carbons (Fsp3) is 0.125. The molecule has 0 aliphatic carbocycles. The van der Waals surface area contributed by atoms with Gasteiger partial charge >= 0.3 is 0 Å². The molecule has 1 aromatic carbocycles. The van der Waals surface area contributed by atoms with Crippen LogP contribution in [0, 0.1) is 0 Å². The van der Waals surface area contributed by atoms with Crippen LogP contribution >= 0.6 is 15.9 Å². The van der Waals surface area contributed by atoms with Gasteiger partial charge in [-0.15, -0.1) is 5.11 Å². The molecular formula is C8H6BrN4-. The summed E-state index contributed by atoms with van der Waals surface area (Å²) in [5.74, 6) is 0.568. The van der Waals surface area contributed by atoms with Crippen molar-refractivity contribution < 1.29 is 0 Å². The van der Waals surface area contributed by atoms with E-state index in [-0.39, 0.29) is 0 Å². The van der Waals surface area contributed by atoms with Crippen LogP contribution in [0.1, 0.15) is 5.56 Å². The van der Waals surface area contributed by atoms with E-state index >= 15 is 0 Å². The van der Waals surface area contributed by atoms with Crippen molar-refractivity contribution in [1.29, 1.82) is 0 Å². The number of amidine groups is 1. The molecule has 1 aliphatic heterocycles. The lowest BCUT2D eigenvalue weighted by atomic mass is 10.2. The second-order valence-corrected chi connectivity index (χ2v) is 3.37. The molecule has 13 heavy (non-hydrogen) atoms. The highest BCUT2D eigenvalue weighted by Crippen LogP contribution is 2.14. The largest absolute Gasteiger partial charge is 0.581 e. The Bertz CT molecular complexity index is 355. The summed E-state index contributed by atoms with van der Waals surface area (Å²) >= 11 is 3.35. The Morgan fingerprint density at radius 2 is 2.00 bits per heavy atom. The summed E-state index contributed by atoms with van der Waals surface area (Å²) in [4.78, 5) is 0. The van der Waals surface area contributed by atoms with Crippen LogP contribution in [0.15, 0.2) is 44.1 Å². The second-order valence-electron chi connectivity index (χ2n) is 2.45. The van der Waals surface area contributed by atoms with Gasteiger partial charge in [-0.25, -0.2) is 5.11 Å². The Morgan fingerprint density at radius 3 is 2.62 bits per heavy atom. The monoisotopic (exact) mass is 237 g/mol. The normalized spacial score (nSPS) is 15.0. The summed E-state index contributed by atoms with van der Waals surface area (Å²) in [7, 11) is 0. The third kappa shape index (κ3) is 1.92. The number of nitrogens with zero attached hydrogens (tertiary/aromatic N) is 4. The zero-order chi connectivity index (χ0) is 9.10. The maximum Gasteiger partial charge on any atom is 0.162 e. The molecule has 66 valence electrons. The summed E-state index contributed by atoms with van der Waals surface area (Å²) in [6.07, 6.45) is 0. The highest BCUT2D eigenvalue weighted by molar-refractivity contribution is 9.10. The third-order valence-electron chi connectivity index (χ3n) is 1.56. The number of rotatable bonds is 1. The molecule has 5 heteroatoms. The van der Waals surface area contributed by atoms with Gasteiger partial charge in [-0.2, -0.15) is 0 Å². The fourth-order valence-electron chi connectivity index (χ4n) is 0.960. The molecule has 1 heterocycles. The van der Waals surface area contributed by atoms with Crippen LogP contribution in [-0.2, 0) is 0 Å². The molecule has 0 amide bonds. The SMILES string of the molecule is Brc1ccc(C2=N[N-]CN=N2)cc1. The van der Waals surface area contributed by atoms with Crippen molar-refractivity contribution in [2.45, 2.75) is 0 Å². The number of halogens is 1. The molecule has 0 fully saturated rings. The van der Waals surface area contributed by atoms with Gasteiger partial charge in [0.1, 0.15) is 0 Å². The molecule has 0 aromatic heterocycles. The standard InChI is InChI=1S/C8H6BrN4/c9-7-3-1-6(2-4-7)8-12-10-5-11-13-8/h1-4H,5H2/q-1. The van der Waals surface area contributed by atoms with Crippen molar-refractivity contribution in [3.8, 4) is 0 Å². The van der Waals surface area contributed by atoms with E-state index in [2.05, 4.69) is 36.7 Å². The zero-order valence-corrected chi connectivity index (χ0v) is 8.27. The Hall–Kier alpha value is -1.23. The second kappa shape index (κ2) is 3.66. The lowest BCUT2D eigenvalue weighted by Gasteiger charge is -2.16. The summed E-state index contributed by atoms with van der Waals surface area (Å²) in [5.41, 5.74) is 4.70. The third-order valence-corrected chi connectivity index (χ3v) is 2.09. The van der Waals surface area contributed by atoms with Crippen molar-refractivity contribution in [3.63, 3.8) is 0 Å². The molecule has 4 nitrogen and oxygen atoms in total. The van der Waals surface area contributed by atoms with Crippen molar-refractivity contribution in [2.24, 2.45) is 15.3 Å². The molecule has 1 aromatic rings.